The molecule has 1 fully saturated rings. The van der Waals surface area contributed by atoms with E-state index in [9.17, 15) is 9.59 Å². The van der Waals surface area contributed by atoms with Crippen LogP contribution >= 0.6 is 11.6 Å². The zero-order valence-electron chi connectivity index (χ0n) is 15.1. The maximum atomic E-state index is 12.4. The van der Waals surface area contributed by atoms with Crippen LogP contribution in [0.15, 0.2) is 54.6 Å². The van der Waals surface area contributed by atoms with Gasteiger partial charge in [0.1, 0.15) is 5.75 Å². The highest BCUT2D eigenvalue weighted by Crippen LogP contribution is 2.19. The van der Waals surface area contributed by atoms with Crippen LogP contribution in [0.3, 0.4) is 0 Å². The molecule has 0 unspecified atom stereocenters. The van der Waals surface area contributed by atoms with E-state index in [4.69, 9.17) is 16.3 Å². The van der Waals surface area contributed by atoms with E-state index in [2.05, 4.69) is 5.32 Å². The van der Waals surface area contributed by atoms with Gasteiger partial charge in [0.05, 0.1) is 0 Å². The van der Waals surface area contributed by atoms with Crippen molar-refractivity contribution in [2.75, 3.05) is 19.7 Å². The fraction of sp³-hybridized carbons (Fsp3) is 0.333. The largest absolute Gasteiger partial charge is 0.484 e. The second-order valence-corrected chi connectivity index (χ2v) is 6.97. The summed E-state index contributed by atoms with van der Waals surface area (Å²) in [5.41, 5.74) is 0.901. The van der Waals surface area contributed by atoms with E-state index < -0.39 is 0 Å². The highest BCUT2D eigenvalue weighted by atomic mass is 35.5. The summed E-state index contributed by atoms with van der Waals surface area (Å²) in [6.45, 7) is 1.58. The molecular weight excluding hydrogens is 364 g/mol. The van der Waals surface area contributed by atoms with Crippen molar-refractivity contribution in [1.82, 2.24) is 10.2 Å². The van der Waals surface area contributed by atoms with Crippen molar-refractivity contribution < 1.29 is 14.3 Å². The SMILES string of the molecule is O=C(NCc1ccccc1Cl)C1CCN(C(=O)COc2ccccc2)CC1. The van der Waals surface area contributed by atoms with Gasteiger partial charge < -0.3 is 15.0 Å². The minimum atomic E-state index is -0.0772. The third-order valence-corrected chi connectivity index (χ3v) is 5.10. The van der Waals surface area contributed by atoms with Crippen LogP contribution < -0.4 is 10.1 Å². The Kier molecular flexibility index (Phi) is 6.71. The van der Waals surface area contributed by atoms with E-state index >= 15 is 0 Å². The first-order valence-electron chi connectivity index (χ1n) is 9.10. The zero-order chi connectivity index (χ0) is 19.1. The molecule has 0 atom stereocenters. The van der Waals surface area contributed by atoms with Crippen molar-refractivity contribution in [2.45, 2.75) is 19.4 Å². The van der Waals surface area contributed by atoms with E-state index in [1.165, 1.54) is 0 Å². The van der Waals surface area contributed by atoms with Crippen LogP contribution in [0.1, 0.15) is 18.4 Å². The molecule has 0 aromatic heterocycles. The van der Waals surface area contributed by atoms with Crippen LogP contribution in [0.5, 0.6) is 5.75 Å². The fourth-order valence-electron chi connectivity index (χ4n) is 3.11. The average Bonchev–Trinajstić information content (AvgIpc) is 2.72. The van der Waals surface area contributed by atoms with E-state index in [0.717, 1.165) is 5.56 Å². The van der Waals surface area contributed by atoms with Crippen molar-refractivity contribution in [3.8, 4) is 5.75 Å². The smallest absolute Gasteiger partial charge is 0.260 e. The van der Waals surface area contributed by atoms with E-state index in [1.807, 2.05) is 54.6 Å². The summed E-state index contributed by atoms with van der Waals surface area (Å²) in [5.74, 6) is 0.572. The molecule has 2 amide bonds. The van der Waals surface area contributed by atoms with Gasteiger partial charge in [-0.15, -0.1) is 0 Å². The molecule has 27 heavy (non-hydrogen) atoms. The number of rotatable bonds is 6. The number of piperidine rings is 1. The quantitative estimate of drug-likeness (QED) is 0.828. The lowest BCUT2D eigenvalue weighted by Crippen LogP contribution is -2.44. The lowest BCUT2D eigenvalue weighted by molar-refractivity contribution is -0.137. The van der Waals surface area contributed by atoms with Crippen molar-refractivity contribution in [3.05, 3.63) is 65.2 Å². The molecule has 0 saturated carbocycles. The molecule has 1 saturated heterocycles. The Balaban J connectivity index is 1.40. The van der Waals surface area contributed by atoms with E-state index in [1.54, 1.807) is 4.90 Å². The number of amides is 2. The predicted molar refractivity (Wildman–Crippen MR) is 105 cm³/mol. The second-order valence-electron chi connectivity index (χ2n) is 6.57. The molecule has 0 aliphatic carbocycles. The highest BCUT2D eigenvalue weighted by Gasteiger charge is 2.27. The molecule has 0 radical (unpaired) electrons. The summed E-state index contributed by atoms with van der Waals surface area (Å²) in [4.78, 5) is 26.4. The Hall–Kier alpha value is -2.53. The summed E-state index contributed by atoms with van der Waals surface area (Å²) in [6, 6.07) is 16.7. The molecule has 1 aliphatic heterocycles. The van der Waals surface area contributed by atoms with E-state index in [0.29, 0.717) is 43.2 Å². The number of carbonyl (C=O) groups is 2. The summed E-state index contributed by atoms with van der Waals surface area (Å²) in [6.07, 6.45) is 1.32. The number of ether oxygens (including phenoxy) is 1. The molecule has 142 valence electrons. The topological polar surface area (TPSA) is 58.6 Å². The van der Waals surface area contributed by atoms with Gasteiger partial charge in [-0.1, -0.05) is 48.0 Å². The number of benzene rings is 2. The minimum Gasteiger partial charge on any atom is -0.484 e. The predicted octanol–water partition coefficient (Wildman–Crippen LogP) is 3.27. The van der Waals surface area contributed by atoms with Gasteiger partial charge in [-0.2, -0.15) is 0 Å². The van der Waals surface area contributed by atoms with Crippen molar-refractivity contribution in [3.63, 3.8) is 0 Å². The zero-order valence-corrected chi connectivity index (χ0v) is 15.8. The summed E-state index contributed by atoms with van der Waals surface area (Å²) >= 11 is 6.11. The van der Waals surface area contributed by atoms with Gasteiger partial charge in [0.2, 0.25) is 5.91 Å². The molecule has 0 bridgehead atoms. The lowest BCUT2D eigenvalue weighted by Gasteiger charge is -2.31. The Morgan fingerprint density at radius 1 is 1.04 bits per heavy atom. The fourth-order valence-corrected chi connectivity index (χ4v) is 3.32. The first-order valence-corrected chi connectivity index (χ1v) is 9.48. The van der Waals surface area contributed by atoms with Crippen LogP contribution in [-0.2, 0) is 16.1 Å². The molecule has 0 spiro atoms. The molecule has 2 aromatic carbocycles. The lowest BCUT2D eigenvalue weighted by atomic mass is 9.96. The van der Waals surface area contributed by atoms with Crippen molar-refractivity contribution in [1.29, 1.82) is 0 Å². The first-order chi connectivity index (χ1) is 13.1. The molecule has 2 aromatic rings. The maximum absolute atomic E-state index is 12.4. The number of carbonyl (C=O) groups excluding carboxylic acids is 2. The maximum Gasteiger partial charge on any atom is 0.260 e. The van der Waals surface area contributed by atoms with Crippen LogP contribution in [0.25, 0.3) is 0 Å². The molecule has 1 N–H and O–H groups in total. The number of hydrogen-bond acceptors (Lipinski definition) is 3. The van der Waals surface area contributed by atoms with Gasteiger partial charge in [0.25, 0.3) is 5.91 Å². The number of hydrogen-bond donors (Lipinski definition) is 1. The molecule has 1 aliphatic rings. The van der Waals surface area contributed by atoms with Crippen LogP contribution in [0.4, 0.5) is 0 Å². The highest BCUT2D eigenvalue weighted by molar-refractivity contribution is 6.31. The monoisotopic (exact) mass is 386 g/mol. The summed E-state index contributed by atoms with van der Waals surface area (Å²) < 4.78 is 5.51. The number of likely N-dealkylation sites (tertiary alicyclic amines) is 1. The molecule has 1 heterocycles. The first kappa shape index (κ1) is 19.2. The Morgan fingerprint density at radius 2 is 1.70 bits per heavy atom. The number of para-hydroxylation sites is 1. The van der Waals surface area contributed by atoms with Gasteiger partial charge in [-0.3, -0.25) is 9.59 Å². The normalized spacial score (nSPS) is 14.6. The van der Waals surface area contributed by atoms with Gasteiger partial charge >= 0.3 is 0 Å². The minimum absolute atomic E-state index is 0.0163. The molecule has 5 nitrogen and oxygen atoms in total. The number of nitrogens with zero attached hydrogens (tertiary/aromatic N) is 1. The van der Waals surface area contributed by atoms with Crippen molar-refractivity contribution in [2.24, 2.45) is 5.92 Å². The Labute approximate surface area is 164 Å². The Morgan fingerprint density at radius 3 is 2.41 bits per heavy atom. The third kappa shape index (κ3) is 5.47. The molecule has 3 rings (SSSR count). The average molecular weight is 387 g/mol. The summed E-state index contributed by atoms with van der Waals surface area (Å²) in [7, 11) is 0. The van der Waals surface area contributed by atoms with Gasteiger partial charge in [0.15, 0.2) is 6.61 Å². The van der Waals surface area contributed by atoms with Crippen LogP contribution in [0.2, 0.25) is 5.02 Å². The number of nitrogens with one attached hydrogen (secondary N) is 1. The van der Waals surface area contributed by atoms with Gasteiger partial charge in [0, 0.05) is 30.6 Å². The summed E-state index contributed by atoms with van der Waals surface area (Å²) in [5, 5.41) is 3.60. The van der Waals surface area contributed by atoms with Gasteiger partial charge in [-0.25, -0.2) is 0 Å². The van der Waals surface area contributed by atoms with Gasteiger partial charge in [-0.05, 0) is 36.6 Å². The van der Waals surface area contributed by atoms with E-state index in [-0.39, 0.29) is 24.3 Å². The van der Waals surface area contributed by atoms with Crippen LogP contribution in [0, 0.1) is 5.92 Å². The Bertz CT molecular complexity index is 774. The second kappa shape index (κ2) is 9.42. The molecular formula is C21H23ClN2O3. The number of halogens is 1. The standard InChI is InChI=1S/C21H23ClN2O3/c22-19-9-5-4-6-17(19)14-23-21(26)16-10-12-24(13-11-16)20(25)15-27-18-7-2-1-3-8-18/h1-9,16H,10-15H2,(H,23,26). The third-order valence-electron chi connectivity index (χ3n) is 4.73. The van der Waals surface area contributed by atoms with Crippen LogP contribution in [-0.4, -0.2) is 36.4 Å². The van der Waals surface area contributed by atoms with Crippen molar-refractivity contribution >= 4 is 23.4 Å². The molecule has 6 heteroatoms.